The molecule has 3 aromatic rings. The number of rotatable bonds is 7. The Labute approximate surface area is 170 Å². The lowest BCUT2D eigenvalue weighted by molar-refractivity contribution is -0.115. The summed E-state index contributed by atoms with van der Waals surface area (Å²) in [5.41, 5.74) is 0.151. The number of hydrogen-bond donors (Lipinski definition) is 2. The summed E-state index contributed by atoms with van der Waals surface area (Å²) in [5, 5.41) is 4.59. The van der Waals surface area contributed by atoms with Gasteiger partial charge in [-0.3, -0.25) is 9.59 Å². The minimum atomic E-state index is -3.70. The number of carbonyl (C=O) groups is 2. The number of benzene rings is 2. The van der Waals surface area contributed by atoms with E-state index in [-0.39, 0.29) is 21.9 Å². The van der Waals surface area contributed by atoms with Gasteiger partial charge >= 0.3 is 0 Å². The molecule has 0 aliphatic heterocycles. The van der Waals surface area contributed by atoms with Crippen molar-refractivity contribution < 1.29 is 31.2 Å². The number of hydrogen-bond acceptors (Lipinski definition) is 5. The summed E-state index contributed by atoms with van der Waals surface area (Å²) in [6.45, 7) is -0.497. The zero-order valence-electron chi connectivity index (χ0n) is 15.4. The topological polar surface area (TPSA) is 105 Å². The van der Waals surface area contributed by atoms with Crippen LogP contribution in [0.2, 0.25) is 0 Å². The molecule has 0 aliphatic carbocycles. The van der Waals surface area contributed by atoms with E-state index in [2.05, 4.69) is 10.6 Å². The minimum absolute atomic E-state index is 0.0146. The number of carbonyl (C=O) groups excluding carboxylic acids is 2. The largest absolute Gasteiger partial charge is 0.459 e. The molecule has 2 aromatic carbocycles. The summed E-state index contributed by atoms with van der Waals surface area (Å²) in [6.07, 6.45) is 1.17. The van der Waals surface area contributed by atoms with Crippen LogP contribution in [0, 0.1) is 11.6 Å². The molecule has 3 rings (SSSR count). The smallest absolute Gasteiger partial charge is 0.287 e. The van der Waals surface area contributed by atoms with Crippen LogP contribution in [0.1, 0.15) is 16.1 Å². The second kappa shape index (κ2) is 8.87. The van der Waals surface area contributed by atoms with Crippen LogP contribution < -0.4 is 10.6 Å². The molecule has 156 valence electrons. The third kappa shape index (κ3) is 5.09. The van der Waals surface area contributed by atoms with Crippen LogP contribution >= 0.6 is 0 Å². The van der Waals surface area contributed by atoms with Crippen molar-refractivity contribution >= 4 is 27.3 Å². The highest BCUT2D eigenvalue weighted by Crippen LogP contribution is 2.20. The first-order valence-electron chi connectivity index (χ1n) is 8.63. The fourth-order valence-electron chi connectivity index (χ4n) is 2.58. The molecule has 2 amide bonds. The van der Waals surface area contributed by atoms with Gasteiger partial charge in [0.1, 0.15) is 0 Å². The Kier molecular flexibility index (Phi) is 6.26. The van der Waals surface area contributed by atoms with Crippen LogP contribution in [0.4, 0.5) is 14.5 Å². The number of anilines is 1. The SMILES string of the molecule is O=C(CNC(=O)c1occc1CS(=O)(=O)c1ccccc1)Nc1ccc(F)c(F)c1. The summed E-state index contributed by atoms with van der Waals surface area (Å²) in [6, 6.07) is 11.9. The van der Waals surface area contributed by atoms with Crippen LogP contribution in [0.15, 0.2) is 70.2 Å². The zero-order chi connectivity index (χ0) is 21.7. The lowest BCUT2D eigenvalue weighted by Gasteiger charge is -2.08. The molecule has 1 heterocycles. The van der Waals surface area contributed by atoms with Gasteiger partial charge in [0.2, 0.25) is 5.91 Å². The molecule has 0 fully saturated rings. The van der Waals surface area contributed by atoms with Crippen LogP contribution in [0.25, 0.3) is 0 Å². The number of sulfone groups is 1. The van der Waals surface area contributed by atoms with Crippen LogP contribution in [0.3, 0.4) is 0 Å². The first kappa shape index (κ1) is 21.2. The second-order valence-electron chi connectivity index (χ2n) is 6.21. The van der Waals surface area contributed by atoms with Gasteiger partial charge < -0.3 is 15.1 Å². The highest BCUT2D eigenvalue weighted by Gasteiger charge is 2.22. The third-order valence-electron chi connectivity index (χ3n) is 4.01. The van der Waals surface area contributed by atoms with Crippen molar-refractivity contribution in [1.29, 1.82) is 0 Å². The average molecular weight is 434 g/mol. The lowest BCUT2D eigenvalue weighted by Crippen LogP contribution is -2.33. The molecule has 0 spiro atoms. The van der Waals surface area contributed by atoms with Crippen molar-refractivity contribution in [2.24, 2.45) is 0 Å². The maximum atomic E-state index is 13.2. The Hall–Kier alpha value is -3.53. The second-order valence-corrected chi connectivity index (χ2v) is 8.20. The monoisotopic (exact) mass is 434 g/mol. The van der Waals surface area contributed by atoms with Gasteiger partial charge in [-0.2, -0.15) is 0 Å². The molecule has 10 heteroatoms. The van der Waals surface area contributed by atoms with Gasteiger partial charge in [0.25, 0.3) is 5.91 Å². The van der Waals surface area contributed by atoms with Gasteiger partial charge in [-0.25, -0.2) is 17.2 Å². The van der Waals surface area contributed by atoms with E-state index in [1.165, 1.54) is 24.5 Å². The Morgan fingerprint density at radius 2 is 1.70 bits per heavy atom. The van der Waals surface area contributed by atoms with Gasteiger partial charge in [-0.05, 0) is 30.3 Å². The third-order valence-corrected chi connectivity index (χ3v) is 5.70. The van der Waals surface area contributed by atoms with Gasteiger partial charge in [-0.1, -0.05) is 18.2 Å². The Morgan fingerprint density at radius 3 is 2.40 bits per heavy atom. The Bertz CT molecular complexity index is 1180. The Morgan fingerprint density at radius 1 is 0.967 bits per heavy atom. The standard InChI is InChI=1S/C20H16F2N2O5S/c21-16-7-6-14(10-17(16)22)24-18(25)11-23-20(26)19-13(8-9-29-19)12-30(27,28)15-4-2-1-3-5-15/h1-10H,11-12H2,(H,23,26)(H,24,25). The molecular weight excluding hydrogens is 418 g/mol. The fraction of sp³-hybridized carbons (Fsp3) is 0.100. The summed E-state index contributed by atoms with van der Waals surface area (Å²) >= 11 is 0. The lowest BCUT2D eigenvalue weighted by atomic mass is 10.2. The van der Waals surface area contributed by atoms with Crippen LogP contribution in [0.5, 0.6) is 0 Å². The van der Waals surface area contributed by atoms with Gasteiger partial charge in [-0.15, -0.1) is 0 Å². The number of furan rings is 1. The van der Waals surface area contributed by atoms with E-state index >= 15 is 0 Å². The molecule has 0 atom stereocenters. The maximum Gasteiger partial charge on any atom is 0.287 e. The number of amides is 2. The normalized spacial score (nSPS) is 11.1. The molecule has 7 nitrogen and oxygen atoms in total. The van der Waals surface area contributed by atoms with Crippen molar-refractivity contribution in [3.63, 3.8) is 0 Å². The van der Waals surface area contributed by atoms with E-state index < -0.39 is 45.6 Å². The predicted octanol–water partition coefficient (Wildman–Crippen LogP) is 2.90. The zero-order valence-corrected chi connectivity index (χ0v) is 16.2. The molecule has 0 aliphatic rings. The molecule has 0 saturated carbocycles. The van der Waals surface area contributed by atoms with Gasteiger partial charge in [0.05, 0.1) is 23.5 Å². The molecule has 0 radical (unpaired) electrons. The molecule has 0 saturated heterocycles. The van der Waals surface area contributed by atoms with E-state index in [1.54, 1.807) is 18.2 Å². The molecule has 0 unspecified atom stereocenters. The average Bonchev–Trinajstić information content (AvgIpc) is 3.17. The summed E-state index contributed by atoms with van der Waals surface area (Å²) in [5.74, 6) is -4.38. The highest BCUT2D eigenvalue weighted by atomic mass is 32.2. The van der Waals surface area contributed by atoms with Crippen LogP contribution in [-0.4, -0.2) is 26.8 Å². The summed E-state index contributed by atoms with van der Waals surface area (Å²) in [4.78, 5) is 24.3. The molecule has 30 heavy (non-hydrogen) atoms. The highest BCUT2D eigenvalue weighted by molar-refractivity contribution is 7.90. The molecular formula is C20H16F2N2O5S. The van der Waals surface area contributed by atoms with Crippen molar-refractivity contribution in [3.05, 3.63) is 83.8 Å². The number of halogens is 2. The Balaban J connectivity index is 1.62. The van der Waals surface area contributed by atoms with E-state index in [4.69, 9.17) is 4.42 Å². The first-order chi connectivity index (χ1) is 14.3. The fourth-order valence-corrected chi connectivity index (χ4v) is 3.96. The first-order valence-corrected chi connectivity index (χ1v) is 10.3. The van der Waals surface area contributed by atoms with E-state index in [1.807, 2.05) is 0 Å². The van der Waals surface area contributed by atoms with E-state index in [0.29, 0.717) is 0 Å². The minimum Gasteiger partial charge on any atom is -0.459 e. The molecule has 1 aromatic heterocycles. The maximum absolute atomic E-state index is 13.2. The molecule has 0 bridgehead atoms. The predicted molar refractivity (Wildman–Crippen MR) is 103 cm³/mol. The van der Waals surface area contributed by atoms with Gasteiger partial charge in [0.15, 0.2) is 27.2 Å². The van der Waals surface area contributed by atoms with Crippen molar-refractivity contribution in [1.82, 2.24) is 5.32 Å². The quantitative estimate of drug-likeness (QED) is 0.595. The summed E-state index contributed by atoms with van der Waals surface area (Å²) in [7, 11) is -3.70. The van der Waals surface area contributed by atoms with Crippen molar-refractivity contribution in [2.75, 3.05) is 11.9 Å². The molecule has 2 N–H and O–H groups in total. The van der Waals surface area contributed by atoms with E-state index in [9.17, 15) is 26.8 Å². The van der Waals surface area contributed by atoms with E-state index in [0.717, 1.165) is 18.2 Å². The van der Waals surface area contributed by atoms with Crippen molar-refractivity contribution in [3.8, 4) is 0 Å². The van der Waals surface area contributed by atoms with Crippen molar-refractivity contribution in [2.45, 2.75) is 10.6 Å². The van der Waals surface area contributed by atoms with Gasteiger partial charge in [0, 0.05) is 17.3 Å². The summed E-state index contributed by atoms with van der Waals surface area (Å²) < 4.78 is 56.2. The number of nitrogens with one attached hydrogen (secondary N) is 2. The van der Waals surface area contributed by atoms with Crippen LogP contribution in [-0.2, 0) is 20.4 Å².